The van der Waals surface area contributed by atoms with Crippen LogP contribution in [-0.2, 0) is 19.1 Å². The number of carbonyl (C=O) groups excluding carboxylic acids is 3. The highest BCUT2D eigenvalue weighted by Gasteiger charge is 2.48. The van der Waals surface area contributed by atoms with Crippen LogP contribution in [0.25, 0.3) is 0 Å². The summed E-state index contributed by atoms with van der Waals surface area (Å²) in [6, 6.07) is 12.4. The third kappa shape index (κ3) is 5.71. The molecule has 0 saturated heterocycles. The number of Topliss-reactive ketones (excluding diaryl/α,β-unsaturated/α-hetero) is 2. The van der Waals surface area contributed by atoms with Crippen LogP contribution in [0, 0.1) is 10.8 Å². The Morgan fingerprint density at radius 3 is 2.15 bits per heavy atom. The van der Waals surface area contributed by atoms with E-state index in [1.165, 1.54) is 0 Å². The molecule has 0 radical (unpaired) electrons. The zero-order valence-corrected chi connectivity index (χ0v) is 24.8. The summed E-state index contributed by atoms with van der Waals surface area (Å²) in [7, 11) is 0. The minimum atomic E-state index is -0.630. The van der Waals surface area contributed by atoms with E-state index in [1.807, 2.05) is 12.1 Å². The molecule has 2 aliphatic carbocycles. The number of para-hydroxylation sites is 1. The van der Waals surface area contributed by atoms with Gasteiger partial charge in [0.15, 0.2) is 18.2 Å². The summed E-state index contributed by atoms with van der Waals surface area (Å²) in [5.41, 5.74) is 1.68. The van der Waals surface area contributed by atoms with Crippen molar-refractivity contribution < 1.29 is 23.9 Å². The fourth-order valence-corrected chi connectivity index (χ4v) is 6.32. The Morgan fingerprint density at radius 1 is 0.974 bits per heavy atom. The molecule has 0 fully saturated rings. The predicted molar refractivity (Wildman–Crippen MR) is 154 cm³/mol. The molecule has 1 N–H and O–H groups in total. The highest BCUT2D eigenvalue weighted by atomic mass is 79.9. The van der Waals surface area contributed by atoms with Crippen LogP contribution in [0.4, 0.5) is 5.69 Å². The number of anilines is 1. The molecule has 39 heavy (non-hydrogen) atoms. The molecule has 0 spiro atoms. The second-order valence-corrected chi connectivity index (χ2v) is 13.4. The molecule has 8 heteroatoms. The lowest BCUT2D eigenvalue weighted by Gasteiger charge is -2.43. The number of carbonyl (C=O) groups is 3. The van der Waals surface area contributed by atoms with Crippen LogP contribution >= 0.6 is 27.5 Å². The van der Waals surface area contributed by atoms with E-state index in [9.17, 15) is 14.4 Å². The van der Waals surface area contributed by atoms with Gasteiger partial charge in [-0.25, -0.2) is 0 Å². The summed E-state index contributed by atoms with van der Waals surface area (Å²) in [4.78, 5) is 40.0. The van der Waals surface area contributed by atoms with Gasteiger partial charge in [-0.05, 0) is 41.2 Å². The number of allylic oxidation sites excluding steroid dienone is 4. The van der Waals surface area contributed by atoms with E-state index in [0.717, 1.165) is 4.47 Å². The highest BCUT2D eigenvalue weighted by Crippen LogP contribution is 2.54. The lowest BCUT2D eigenvalue weighted by atomic mass is 9.65. The number of hydrogen-bond donors (Lipinski definition) is 1. The van der Waals surface area contributed by atoms with E-state index in [-0.39, 0.29) is 34.9 Å². The molecule has 204 valence electrons. The molecule has 1 heterocycles. The van der Waals surface area contributed by atoms with Crippen molar-refractivity contribution in [2.45, 2.75) is 59.3 Å². The van der Waals surface area contributed by atoms with Crippen molar-refractivity contribution in [3.05, 3.63) is 80.2 Å². The zero-order valence-electron chi connectivity index (χ0n) is 22.5. The first kappa shape index (κ1) is 27.7. The van der Waals surface area contributed by atoms with E-state index in [2.05, 4.69) is 48.9 Å². The molecule has 1 amide bonds. The van der Waals surface area contributed by atoms with E-state index in [4.69, 9.17) is 21.1 Å². The maximum Gasteiger partial charge on any atom is 0.262 e. The molecule has 0 unspecified atom stereocenters. The SMILES string of the molecule is CC1(C)CC(=O)C2=C(C1)OC1=C(C(=O)CC(C)(C)C1)C2c1cc(Br)ccc1OCC(=O)Nc1ccccc1Cl. The van der Waals surface area contributed by atoms with Gasteiger partial charge in [-0.3, -0.25) is 14.4 Å². The quantitative estimate of drug-likeness (QED) is 0.378. The number of amides is 1. The summed E-state index contributed by atoms with van der Waals surface area (Å²) in [5.74, 6) is 0.620. The average Bonchev–Trinajstić information content (AvgIpc) is 2.82. The average molecular weight is 613 g/mol. The van der Waals surface area contributed by atoms with Crippen LogP contribution < -0.4 is 10.1 Å². The minimum absolute atomic E-state index is 0.0298. The fraction of sp³-hybridized carbons (Fsp3) is 0.387. The Bertz CT molecular complexity index is 1400. The molecule has 1 aliphatic heterocycles. The van der Waals surface area contributed by atoms with Crippen LogP contribution in [0.5, 0.6) is 5.75 Å². The largest absolute Gasteiger partial charge is 0.483 e. The molecular formula is C31H31BrClNO5. The Morgan fingerprint density at radius 2 is 1.56 bits per heavy atom. The van der Waals surface area contributed by atoms with Gasteiger partial charge in [0.2, 0.25) is 0 Å². The summed E-state index contributed by atoms with van der Waals surface area (Å²) in [6.07, 6.45) is 1.91. The van der Waals surface area contributed by atoms with Gasteiger partial charge in [0.25, 0.3) is 5.91 Å². The number of ketones is 2. The second-order valence-electron chi connectivity index (χ2n) is 12.1. The predicted octanol–water partition coefficient (Wildman–Crippen LogP) is 7.52. The Balaban J connectivity index is 1.55. The van der Waals surface area contributed by atoms with Crippen molar-refractivity contribution >= 4 is 50.7 Å². The number of hydrogen-bond acceptors (Lipinski definition) is 5. The topological polar surface area (TPSA) is 81.7 Å². The van der Waals surface area contributed by atoms with Crippen molar-refractivity contribution in [1.29, 1.82) is 0 Å². The van der Waals surface area contributed by atoms with Crippen molar-refractivity contribution in [1.82, 2.24) is 0 Å². The first-order valence-corrected chi connectivity index (χ1v) is 14.2. The number of ether oxygens (including phenoxy) is 2. The maximum absolute atomic E-state index is 13.6. The molecule has 2 aromatic rings. The molecule has 3 aliphatic rings. The number of benzene rings is 2. The molecule has 2 aromatic carbocycles. The van der Waals surface area contributed by atoms with E-state index in [0.29, 0.717) is 70.4 Å². The van der Waals surface area contributed by atoms with Gasteiger partial charge in [-0.15, -0.1) is 0 Å². The Hall–Kier alpha value is -2.90. The molecule has 5 rings (SSSR count). The molecule has 0 atom stereocenters. The molecular weight excluding hydrogens is 582 g/mol. The van der Waals surface area contributed by atoms with Crippen LogP contribution in [0.1, 0.15) is 64.9 Å². The van der Waals surface area contributed by atoms with Crippen LogP contribution in [0.15, 0.2) is 69.6 Å². The van der Waals surface area contributed by atoms with Crippen molar-refractivity contribution in [2.75, 3.05) is 11.9 Å². The van der Waals surface area contributed by atoms with Crippen molar-refractivity contribution in [3.63, 3.8) is 0 Å². The van der Waals surface area contributed by atoms with E-state index < -0.39 is 5.92 Å². The minimum Gasteiger partial charge on any atom is -0.483 e. The Labute approximate surface area is 241 Å². The van der Waals surface area contributed by atoms with Crippen LogP contribution in [0.3, 0.4) is 0 Å². The third-order valence-electron chi connectivity index (χ3n) is 7.37. The lowest BCUT2D eigenvalue weighted by molar-refractivity contribution is -0.121. The van der Waals surface area contributed by atoms with Gasteiger partial charge in [0.05, 0.1) is 16.6 Å². The molecule has 6 nitrogen and oxygen atoms in total. The lowest BCUT2D eigenvalue weighted by Crippen LogP contribution is -2.37. The third-order valence-corrected chi connectivity index (χ3v) is 8.19. The summed E-state index contributed by atoms with van der Waals surface area (Å²) < 4.78 is 13.2. The summed E-state index contributed by atoms with van der Waals surface area (Å²) >= 11 is 9.74. The summed E-state index contributed by atoms with van der Waals surface area (Å²) in [5, 5.41) is 3.19. The monoisotopic (exact) mass is 611 g/mol. The normalized spacial score (nSPS) is 20.3. The smallest absolute Gasteiger partial charge is 0.262 e. The van der Waals surface area contributed by atoms with Gasteiger partial charge >= 0.3 is 0 Å². The second kappa shape index (κ2) is 10.3. The maximum atomic E-state index is 13.6. The zero-order chi connectivity index (χ0) is 28.1. The van der Waals surface area contributed by atoms with Gasteiger partial charge in [-0.1, -0.05) is 67.4 Å². The molecule has 0 saturated carbocycles. The number of halogens is 2. The van der Waals surface area contributed by atoms with E-state index >= 15 is 0 Å². The van der Waals surface area contributed by atoms with Crippen LogP contribution in [-0.4, -0.2) is 24.1 Å². The van der Waals surface area contributed by atoms with Gasteiger partial charge in [0, 0.05) is 46.9 Å². The number of nitrogens with one attached hydrogen (secondary N) is 1. The van der Waals surface area contributed by atoms with E-state index in [1.54, 1.807) is 30.3 Å². The molecule has 0 bridgehead atoms. The highest BCUT2D eigenvalue weighted by molar-refractivity contribution is 9.10. The van der Waals surface area contributed by atoms with Gasteiger partial charge in [0.1, 0.15) is 17.3 Å². The first-order chi connectivity index (χ1) is 18.3. The van der Waals surface area contributed by atoms with Crippen molar-refractivity contribution in [2.24, 2.45) is 10.8 Å². The first-order valence-electron chi connectivity index (χ1n) is 13.0. The Kier molecular flexibility index (Phi) is 7.27. The standard InChI is InChI=1S/C31H31BrClNO5/c1-30(2)12-21(35)28-24(14-30)39-25-15-31(3,4)13-22(36)29(25)27(28)18-11-17(32)9-10-23(18)38-16-26(37)34-20-8-6-5-7-19(20)33/h5-11,27H,12-16H2,1-4H3,(H,34,37). The number of rotatable bonds is 5. The van der Waals surface area contributed by atoms with Gasteiger partial charge in [-0.2, -0.15) is 0 Å². The summed E-state index contributed by atoms with van der Waals surface area (Å²) in [6.45, 7) is 7.94. The fourth-order valence-electron chi connectivity index (χ4n) is 5.75. The molecule has 0 aromatic heterocycles. The van der Waals surface area contributed by atoms with Crippen molar-refractivity contribution in [3.8, 4) is 5.75 Å². The van der Waals surface area contributed by atoms with Gasteiger partial charge < -0.3 is 14.8 Å². The van der Waals surface area contributed by atoms with Crippen LogP contribution in [0.2, 0.25) is 5.02 Å².